The zero-order chi connectivity index (χ0) is 18.8. The molecule has 0 saturated carbocycles. The number of fused-ring (bicyclic) bond motifs is 1. The number of hydrogen-bond donors (Lipinski definition) is 1. The van der Waals surface area contributed by atoms with E-state index < -0.39 is 0 Å². The number of benzene rings is 1. The molecule has 4 rings (SSSR count). The highest BCUT2D eigenvalue weighted by molar-refractivity contribution is 5.92. The summed E-state index contributed by atoms with van der Waals surface area (Å²) in [5.74, 6) is 1.18. The van der Waals surface area contributed by atoms with Crippen LogP contribution in [0.3, 0.4) is 0 Å². The molecule has 0 aliphatic heterocycles. The first-order chi connectivity index (χ1) is 13.2. The Morgan fingerprint density at radius 3 is 2.74 bits per heavy atom. The summed E-state index contributed by atoms with van der Waals surface area (Å²) in [5, 5.41) is 12.7. The number of nitrogens with one attached hydrogen (secondary N) is 1. The highest BCUT2D eigenvalue weighted by Gasteiger charge is 2.18. The molecule has 4 aromatic rings. The van der Waals surface area contributed by atoms with Crippen molar-refractivity contribution in [2.24, 2.45) is 0 Å². The highest BCUT2D eigenvalue weighted by atomic mass is 16.5. The predicted octanol–water partition coefficient (Wildman–Crippen LogP) is 3.32. The van der Waals surface area contributed by atoms with Crippen LogP contribution in [0.25, 0.3) is 33.7 Å². The molecule has 0 aliphatic rings. The van der Waals surface area contributed by atoms with E-state index in [1.807, 2.05) is 61.2 Å². The molecule has 3 aromatic heterocycles. The minimum Gasteiger partial charge on any atom is -0.334 e. The first-order valence-electron chi connectivity index (χ1n) is 9.11. The number of hydrogen-bond acceptors (Lipinski definition) is 6. The maximum atomic E-state index is 5.58. The van der Waals surface area contributed by atoms with Gasteiger partial charge in [-0.05, 0) is 27.0 Å². The molecule has 1 atom stereocenters. The second-order valence-corrected chi connectivity index (χ2v) is 6.53. The molecule has 0 aliphatic carbocycles. The van der Waals surface area contributed by atoms with Crippen LogP contribution in [-0.4, -0.2) is 38.0 Å². The summed E-state index contributed by atoms with van der Waals surface area (Å²) < 4.78 is 7.46. The van der Waals surface area contributed by atoms with Gasteiger partial charge in [0, 0.05) is 24.6 Å². The van der Waals surface area contributed by atoms with Gasteiger partial charge in [0.2, 0.25) is 0 Å². The van der Waals surface area contributed by atoms with Crippen molar-refractivity contribution in [1.29, 1.82) is 0 Å². The van der Waals surface area contributed by atoms with Gasteiger partial charge in [-0.3, -0.25) is 0 Å². The maximum Gasteiger partial charge on any atom is 0.258 e. The van der Waals surface area contributed by atoms with Gasteiger partial charge in [0.15, 0.2) is 11.5 Å². The predicted molar refractivity (Wildman–Crippen MR) is 104 cm³/mol. The first-order valence-corrected chi connectivity index (χ1v) is 9.11. The molecule has 0 bridgehead atoms. The second-order valence-electron chi connectivity index (χ2n) is 6.53. The Labute approximate surface area is 157 Å². The molecule has 0 radical (unpaired) electrons. The lowest BCUT2D eigenvalue weighted by Gasteiger charge is -2.06. The van der Waals surface area contributed by atoms with Crippen LogP contribution in [0, 0.1) is 0 Å². The van der Waals surface area contributed by atoms with E-state index in [-0.39, 0.29) is 6.04 Å². The van der Waals surface area contributed by atoms with Crippen molar-refractivity contribution in [3.05, 3.63) is 48.4 Å². The summed E-state index contributed by atoms with van der Waals surface area (Å²) >= 11 is 0. The lowest BCUT2D eigenvalue weighted by molar-refractivity contribution is 0.418. The molecule has 1 aromatic carbocycles. The Bertz CT molecular complexity index is 1050. The molecule has 1 unspecified atom stereocenters. The van der Waals surface area contributed by atoms with Crippen molar-refractivity contribution in [1.82, 2.24) is 30.2 Å². The van der Waals surface area contributed by atoms with E-state index in [1.165, 1.54) is 0 Å². The lowest BCUT2D eigenvalue weighted by Crippen LogP contribution is -2.24. The van der Waals surface area contributed by atoms with E-state index in [0.717, 1.165) is 34.4 Å². The summed E-state index contributed by atoms with van der Waals surface area (Å²) in [6.45, 7) is 4.87. The van der Waals surface area contributed by atoms with Gasteiger partial charge in [-0.15, -0.1) is 0 Å². The summed E-state index contributed by atoms with van der Waals surface area (Å²) in [7, 11) is 1.92. The Kier molecular flexibility index (Phi) is 4.68. The van der Waals surface area contributed by atoms with Crippen molar-refractivity contribution < 1.29 is 4.52 Å². The number of pyridine rings is 1. The molecule has 138 valence electrons. The lowest BCUT2D eigenvalue weighted by atomic mass is 10.1. The number of rotatable bonds is 6. The minimum atomic E-state index is 0.274. The zero-order valence-corrected chi connectivity index (χ0v) is 15.7. The number of nitrogens with zero attached hydrogens (tertiary/aromatic N) is 5. The molecule has 0 fully saturated rings. The van der Waals surface area contributed by atoms with Gasteiger partial charge < -0.3 is 9.84 Å². The normalized spacial score (nSPS) is 12.6. The third-order valence-electron chi connectivity index (χ3n) is 4.66. The van der Waals surface area contributed by atoms with Gasteiger partial charge >= 0.3 is 0 Å². The van der Waals surface area contributed by atoms with Crippen LogP contribution >= 0.6 is 0 Å². The topological polar surface area (TPSA) is 81.7 Å². The van der Waals surface area contributed by atoms with E-state index in [4.69, 9.17) is 9.51 Å². The third-order valence-corrected chi connectivity index (χ3v) is 4.66. The molecule has 7 heteroatoms. The molecule has 0 spiro atoms. The van der Waals surface area contributed by atoms with Gasteiger partial charge in [-0.2, -0.15) is 10.1 Å². The fraction of sp³-hybridized carbons (Fsp3) is 0.300. The van der Waals surface area contributed by atoms with Crippen LogP contribution in [0.15, 0.2) is 47.1 Å². The van der Waals surface area contributed by atoms with Crippen LogP contribution in [0.4, 0.5) is 0 Å². The first kappa shape index (κ1) is 17.4. The van der Waals surface area contributed by atoms with Crippen molar-refractivity contribution in [3.8, 4) is 22.7 Å². The number of aryl methyl sites for hydroxylation is 1. The summed E-state index contributed by atoms with van der Waals surface area (Å²) in [5.41, 5.74) is 3.57. The second kappa shape index (κ2) is 7.28. The van der Waals surface area contributed by atoms with Crippen molar-refractivity contribution in [2.45, 2.75) is 32.9 Å². The molecule has 3 heterocycles. The fourth-order valence-corrected chi connectivity index (χ4v) is 3.04. The Hall–Kier alpha value is -3.06. The van der Waals surface area contributed by atoms with Crippen LogP contribution in [-0.2, 0) is 13.0 Å². The van der Waals surface area contributed by atoms with Crippen molar-refractivity contribution >= 4 is 11.0 Å². The van der Waals surface area contributed by atoms with Crippen molar-refractivity contribution in [3.63, 3.8) is 0 Å². The summed E-state index contributed by atoms with van der Waals surface area (Å²) in [6, 6.07) is 12.3. The molecule has 0 saturated heterocycles. The quantitative estimate of drug-likeness (QED) is 0.567. The zero-order valence-electron chi connectivity index (χ0n) is 15.7. The molecule has 7 nitrogen and oxygen atoms in total. The molecular formula is C20H22N6O. The van der Waals surface area contributed by atoms with Gasteiger partial charge in [0.1, 0.15) is 0 Å². The molecule has 0 amide bonds. The summed E-state index contributed by atoms with van der Waals surface area (Å²) in [6.07, 6.45) is 2.52. The van der Waals surface area contributed by atoms with Gasteiger partial charge in [0.25, 0.3) is 5.89 Å². The fourth-order valence-electron chi connectivity index (χ4n) is 3.04. The van der Waals surface area contributed by atoms with E-state index in [0.29, 0.717) is 18.1 Å². The minimum absolute atomic E-state index is 0.274. The molecular weight excluding hydrogens is 340 g/mol. The smallest absolute Gasteiger partial charge is 0.258 e. The van der Waals surface area contributed by atoms with Gasteiger partial charge in [-0.25, -0.2) is 9.67 Å². The van der Waals surface area contributed by atoms with E-state index >= 15 is 0 Å². The SMILES string of the molecule is CCn1ncc2c(-c3nc(CC(C)NC)no3)cc(-c3ccccc3)nc21. The van der Waals surface area contributed by atoms with Crippen LogP contribution in [0.2, 0.25) is 0 Å². The van der Waals surface area contributed by atoms with E-state index in [1.54, 1.807) is 0 Å². The average molecular weight is 362 g/mol. The van der Waals surface area contributed by atoms with Crippen LogP contribution < -0.4 is 5.32 Å². The monoisotopic (exact) mass is 362 g/mol. The number of aromatic nitrogens is 5. The largest absolute Gasteiger partial charge is 0.334 e. The van der Waals surface area contributed by atoms with Gasteiger partial charge in [0.05, 0.1) is 22.8 Å². The van der Waals surface area contributed by atoms with Crippen molar-refractivity contribution in [2.75, 3.05) is 7.05 Å². The molecule has 27 heavy (non-hydrogen) atoms. The third kappa shape index (κ3) is 3.33. The van der Waals surface area contributed by atoms with Crippen LogP contribution in [0.1, 0.15) is 19.7 Å². The van der Waals surface area contributed by atoms with E-state index in [9.17, 15) is 0 Å². The highest BCUT2D eigenvalue weighted by Crippen LogP contribution is 2.31. The Morgan fingerprint density at radius 1 is 1.19 bits per heavy atom. The maximum absolute atomic E-state index is 5.58. The van der Waals surface area contributed by atoms with Crippen LogP contribution in [0.5, 0.6) is 0 Å². The summed E-state index contributed by atoms with van der Waals surface area (Å²) in [4.78, 5) is 9.44. The Morgan fingerprint density at radius 2 is 2.00 bits per heavy atom. The Balaban J connectivity index is 1.85. The molecule has 1 N–H and O–H groups in total. The standard InChI is InChI=1S/C20H22N6O/c1-4-26-19-16(12-22-26)15(11-17(23-19)14-8-6-5-7-9-14)20-24-18(25-27-20)10-13(2)21-3/h5-9,11-13,21H,4,10H2,1-3H3. The van der Waals surface area contributed by atoms with Gasteiger partial charge in [-0.1, -0.05) is 35.5 Å². The average Bonchev–Trinajstić information content (AvgIpc) is 3.34. The number of likely N-dealkylation sites (N-methyl/N-ethyl adjacent to an activating group) is 1. The van der Waals surface area contributed by atoms with E-state index in [2.05, 4.69) is 27.5 Å².